The molecule has 2 N–H and O–H groups in total. The van der Waals surface area contributed by atoms with E-state index in [9.17, 15) is 10.1 Å². The second-order valence-corrected chi connectivity index (χ2v) is 4.10. The topological polar surface area (TPSA) is 102 Å². The fourth-order valence-corrected chi connectivity index (χ4v) is 1.99. The first-order chi connectivity index (χ1) is 8.52. The molecule has 6 nitrogen and oxygen atoms in total. The van der Waals surface area contributed by atoms with Crippen LogP contribution in [-0.4, -0.2) is 11.5 Å². The maximum absolute atomic E-state index is 10.7. The number of fused-ring (bicyclic) bond motifs is 1. The van der Waals surface area contributed by atoms with Crippen LogP contribution < -0.4 is 10.5 Å². The van der Waals surface area contributed by atoms with Crippen molar-refractivity contribution in [3.63, 3.8) is 0 Å². The van der Waals surface area contributed by atoms with Gasteiger partial charge in [-0.2, -0.15) is 5.26 Å². The highest BCUT2D eigenvalue weighted by Gasteiger charge is 2.32. The van der Waals surface area contributed by atoms with Crippen LogP contribution in [0.1, 0.15) is 17.0 Å². The van der Waals surface area contributed by atoms with E-state index in [4.69, 9.17) is 15.7 Å². The van der Waals surface area contributed by atoms with Gasteiger partial charge in [-0.1, -0.05) is 12.1 Å². The Kier molecular flexibility index (Phi) is 2.90. The number of nitrogens with zero attached hydrogens (tertiary/aromatic N) is 2. The summed E-state index contributed by atoms with van der Waals surface area (Å²) in [6.07, 6.45) is 0. The van der Waals surface area contributed by atoms with Crippen molar-refractivity contribution in [1.82, 2.24) is 0 Å². The number of ether oxygens (including phenoxy) is 1. The summed E-state index contributed by atoms with van der Waals surface area (Å²) in [5.74, 6) is -0.213. The van der Waals surface area contributed by atoms with Gasteiger partial charge in [-0.25, -0.2) is 0 Å². The summed E-state index contributed by atoms with van der Waals surface area (Å²) >= 11 is 0. The van der Waals surface area contributed by atoms with Gasteiger partial charge in [0.15, 0.2) is 0 Å². The van der Waals surface area contributed by atoms with E-state index >= 15 is 0 Å². The van der Waals surface area contributed by atoms with E-state index in [0.717, 1.165) is 5.56 Å². The molecule has 0 spiro atoms. The third-order valence-electron chi connectivity index (χ3n) is 2.83. The molecular weight excluding hydrogens is 234 g/mol. The average Bonchev–Trinajstić information content (AvgIpc) is 2.27. The third kappa shape index (κ3) is 1.98. The summed E-state index contributed by atoms with van der Waals surface area (Å²) in [6, 6.07) is 7.21. The van der Waals surface area contributed by atoms with Gasteiger partial charge in [-0.05, 0) is 18.6 Å². The zero-order chi connectivity index (χ0) is 13.3. The quantitative estimate of drug-likeness (QED) is 0.627. The Balaban J connectivity index is 2.54. The van der Waals surface area contributed by atoms with Crippen molar-refractivity contribution >= 4 is 0 Å². The van der Waals surface area contributed by atoms with Crippen molar-refractivity contribution < 1.29 is 9.66 Å². The Morgan fingerprint density at radius 3 is 2.94 bits per heavy atom. The average molecular weight is 245 g/mol. The molecule has 0 radical (unpaired) electrons. The van der Waals surface area contributed by atoms with Crippen molar-refractivity contribution in [3.8, 4) is 11.8 Å². The summed E-state index contributed by atoms with van der Waals surface area (Å²) in [5, 5.41) is 19.7. The molecule has 1 aliphatic rings. The van der Waals surface area contributed by atoms with E-state index in [1.54, 1.807) is 12.1 Å². The van der Waals surface area contributed by atoms with Crippen LogP contribution >= 0.6 is 0 Å². The van der Waals surface area contributed by atoms with Crippen LogP contribution in [0, 0.1) is 28.4 Å². The molecule has 0 amide bonds. The predicted molar refractivity (Wildman–Crippen MR) is 63.2 cm³/mol. The number of nitrogens with two attached hydrogens (primary N) is 1. The molecule has 0 aromatic heterocycles. The minimum atomic E-state index is -0.644. The van der Waals surface area contributed by atoms with Crippen LogP contribution in [0.3, 0.4) is 0 Å². The molecule has 1 heterocycles. The second-order valence-electron chi connectivity index (χ2n) is 4.10. The maximum atomic E-state index is 10.7. The van der Waals surface area contributed by atoms with Crippen LogP contribution in [0.4, 0.5) is 0 Å². The van der Waals surface area contributed by atoms with Crippen molar-refractivity contribution in [3.05, 3.63) is 50.9 Å². The second kappa shape index (κ2) is 4.37. The molecule has 0 unspecified atom stereocenters. The summed E-state index contributed by atoms with van der Waals surface area (Å²) in [5.41, 5.74) is 7.33. The Morgan fingerprint density at radius 2 is 2.33 bits per heavy atom. The zero-order valence-corrected chi connectivity index (χ0v) is 9.71. The molecule has 0 fully saturated rings. The summed E-state index contributed by atoms with van der Waals surface area (Å²) in [7, 11) is 0. The molecule has 0 bridgehead atoms. The first kappa shape index (κ1) is 11.9. The Labute approximate surface area is 103 Å². The van der Waals surface area contributed by atoms with E-state index in [-0.39, 0.29) is 18.0 Å². The molecule has 1 aromatic carbocycles. The molecule has 1 atom stereocenters. The molecule has 0 saturated heterocycles. The molecule has 92 valence electrons. The molecule has 2 rings (SSSR count). The van der Waals surface area contributed by atoms with Gasteiger partial charge >= 0.3 is 0 Å². The largest absolute Gasteiger partial charge is 0.440 e. The maximum Gasteiger partial charge on any atom is 0.215 e. The Morgan fingerprint density at radius 1 is 1.61 bits per heavy atom. The van der Waals surface area contributed by atoms with Gasteiger partial charge in [0.25, 0.3) is 0 Å². The number of rotatable bonds is 2. The summed E-state index contributed by atoms with van der Waals surface area (Å²) < 4.78 is 5.34. The smallest absolute Gasteiger partial charge is 0.215 e. The number of nitriles is 1. The molecule has 0 saturated carbocycles. The lowest BCUT2D eigenvalue weighted by Gasteiger charge is -2.23. The normalized spacial score (nSPS) is 17.7. The monoisotopic (exact) mass is 245 g/mol. The number of benzene rings is 1. The highest BCUT2D eigenvalue weighted by molar-refractivity contribution is 5.50. The lowest BCUT2D eigenvalue weighted by atomic mass is 9.89. The van der Waals surface area contributed by atoms with Crippen LogP contribution in [0.15, 0.2) is 29.7 Å². The van der Waals surface area contributed by atoms with Crippen molar-refractivity contribution in [2.45, 2.75) is 12.8 Å². The summed E-state index contributed by atoms with van der Waals surface area (Å²) in [4.78, 5) is 10.3. The number of aryl methyl sites for hydroxylation is 1. The van der Waals surface area contributed by atoms with Gasteiger partial charge in [0.2, 0.25) is 12.4 Å². The van der Waals surface area contributed by atoms with E-state index in [2.05, 4.69) is 0 Å². The van der Waals surface area contributed by atoms with Gasteiger partial charge in [0.1, 0.15) is 17.4 Å². The van der Waals surface area contributed by atoms with Gasteiger partial charge in [-0.15, -0.1) is 0 Å². The number of nitro groups is 1. The molecular formula is C12H11N3O3. The van der Waals surface area contributed by atoms with Gasteiger partial charge in [0, 0.05) is 10.5 Å². The van der Waals surface area contributed by atoms with Crippen LogP contribution in [0.25, 0.3) is 0 Å². The zero-order valence-electron chi connectivity index (χ0n) is 9.71. The first-order valence-corrected chi connectivity index (χ1v) is 5.33. The third-order valence-corrected chi connectivity index (χ3v) is 2.83. The van der Waals surface area contributed by atoms with Crippen molar-refractivity contribution in [1.29, 1.82) is 5.26 Å². The number of hydrogen-bond acceptors (Lipinski definition) is 5. The highest BCUT2D eigenvalue weighted by Crippen LogP contribution is 2.38. The minimum Gasteiger partial charge on any atom is -0.440 e. The lowest BCUT2D eigenvalue weighted by molar-refractivity contribution is -0.482. The van der Waals surface area contributed by atoms with E-state index in [1.807, 2.05) is 19.1 Å². The van der Waals surface area contributed by atoms with Crippen molar-refractivity contribution in [2.24, 2.45) is 5.73 Å². The highest BCUT2D eigenvalue weighted by atomic mass is 16.6. The standard InChI is InChI=1S/C12H11N3O3/c1-7-2-3-8-10(6-15(16)17)9(5-13)12(14)18-11(8)4-7/h2-4,10H,6,14H2,1H3/t10-/m0/s1. The lowest BCUT2D eigenvalue weighted by Crippen LogP contribution is -2.24. The van der Waals surface area contributed by atoms with Gasteiger partial charge in [0.05, 0.1) is 5.92 Å². The van der Waals surface area contributed by atoms with Gasteiger partial charge < -0.3 is 10.5 Å². The SMILES string of the molecule is Cc1ccc2c(c1)OC(N)=C(C#N)[C@H]2C[N+](=O)[O-]. The fourth-order valence-electron chi connectivity index (χ4n) is 1.99. The van der Waals surface area contributed by atoms with E-state index in [1.165, 1.54) is 0 Å². The first-order valence-electron chi connectivity index (χ1n) is 5.33. The molecule has 18 heavy (non-hydrogen) atoms. The Bertz CT molecular complexity index is 587. The van der Waals surface area contributed by atoms with Gasteiger partial charge in [-0.3, -0.25) is 10.1 Å². The summed E-state index contributed by atoms with van der Waals surface area (Å²) in [6.45, 7) is 1.51. The van der Waals surface area contributed by atoms with E-state index < -0.39 is 10.8 Å². The molecule has 6 heteroatoms. The Hall–Kier alpha value is -2.55. The van der Waals surface area contributed by atoms with Crippen LogP contribution in [0.5, 0.6) is 5.75 Å². The molecule has 0 aliphatic carbocycles. The molecule has 1 aliphatic heterocycles. The minimum absolute atomic E-state index is 0.0533. The van der Waals surface area contributed by atoms with Crippen molar-refractivity contribution in [2.75, 3.05) is 6.54 Å². The predicted octanol–water partition coefficient (Wildman–Crippen LogP) is 1.44. The van der Waals surface area contributed by atoms with Crippen LogP contribution in [-0.2, 0) is 0 Å². The number of hydrogen-bond donors (Lipinski definition) is 1. The fraction of sp³-hybridized carbons (Fsp3) is 0.250. The van der Waals surface area contributed by atoms with E-state index in [0.29, 0.717) is 11.3 Å². The molecule has 1 aromatic rings. The van der Waals surface area contributed by atoms with Crippen LogP contribution in [0.2, 0.25) is 0 Å².